The predicted octanol–water partition coefficient (Wildman–Crippen LogP) is 6.72. The smallest absolute Gasteiger partial charge is 0.215 e. The molecule has 1 unspecified atom stereocenters. The monoisotopic (exact) mass is 683 g/mol. The Balaban J connectivity index is 1.41. The number of aromatic nitrogens is 2. The van der Waals surface area contributed by atoms with Crippen LogP contribution in [0.15, 0.2) is 77.7 Å². The van der Waals surface area contributed by atoms with Crippen molar-refractivity contribution < 1.29 is 31.8 Å². The van der Waals surface area contributed by atoms with Crippen LogP contribution < -0.4 is 14.8 Å². The van der Waals surface area contributed by atoms with Gasteiger partial charge in [0, 0.05) is 29.1 Å². The molecule has 0 amide bonds. The standard InChI is InChI=1S/C32H31BrFN3O6S/c1-20(2)30(44(38)39)17-41-18-32(10-5-11-43-32)25-14-24-27(15-29(25)40-3)35-19-36-31(24)37-23-8-9-28(26(33)13-23)42-16-21-6-4-7-22(34)12-21/h4-9,11-15,19-20H,10,16-18H2,1-3H3,(H,35,36,37). The van der Waals surface area contributed by atoms with E-state index in [2.05, 4.69) is 31.2 Å². The lowest BCUT2D eigenvalue weighted by atomic mass is 9.90. The molecule has 1 atom stereocenters. The van der Waals surface area contributed by atoms with Gasteiger partial charge in [0.05, 0.1) is 41.4 Å². The maximum Gasteiger partial charge on any atom is 0.215 e. The first-order valence-corrected chi connectivity index (χ1v) is 15.7. The number of fused-ring (bicyclic) bond motifs is 1. The lowest BCUT2D eigenvalue weighted by molar-refractivity contribution is -0.0377. The second kappa shape index (κ2) is 13.7. The Morgan fingerprint density at radius 3 is 2.66 bits per heavy atom. The van der Waals surface area contributed by atoms with Gasteiger partial charge >= 0.3 is 0 Å². The maximum absolute atomic E-state index is 13.5. The summed E-state index contributed by atoms with van der Waals surface area (Å²) in [6, 6.07) is 15.5. The van der Waals surface area contributed by atoms with Crippen molar-refractivity contribution in [2.24, 2.45) is 5.92 Å². The molecular formula is C32H31BrFN3O6S. The van der Waals surface area contributed by atoms with E-state index in [0.717, 1.165) is 16.6 Å². The quantitative estimate of drug-likeness (QED) is 0.163. The van der Waals surface area contributed by atoms with Crippen LogP contribution in [0.25, 0.3) is 10.9 Å². The highest BCUT2D eigenvalue weighted by Gasteiger charge is 2.39. The highest BCUT2D eigenvalue weighted by Crippen LogP contribution is 2.43. The molecule has 4 aromatic rings. The summed E-state index contributed by atoms with van der Waals surface area (Å²) in [6.45, 7) is 3.89. The fourth-order valence-corrected chi connectivity index (χ4v) is 5.92. The lowest BCUT2D eigenvalue weighted by Crippen LogP contribution is -2.33. The highest BCUT2D eigenvalue weighted by atomic mass is 79.9. The van der Waals surface area contributed by atoms with E-state index >= 15 is 0 Å². The SMILES string of the molecule is COc1cc2ncnc(Nc3ccc(OCc4cccc(F)c4)c(Br)c3)c2cc1C1(COCC(C(C)C)=S(=O)=O)CC=CO1. The van der Waals surface area contributed by atoms with Crippen LogP contribution in [0, 0.1) is 11.7 Å². The number of ether oxygens (including phenoxy) is 4. The summed E-state index contributed by atoms with van der Waals surface area (Å²) in [7, 11) is -0.773. The van der Waals surface area contributed by atoms with Crippen LogP contribution in [-0.2, 0) is 32.0 Å². The average molecular weight is 685 g/mol. The minimum absolute atomic E-state index is 0.0402. The molecule has 0 spiro atoms. The van der Waals surface area contributed by atoms with Crippen LogP contribution in [0.2, 0.25) is 0 Å². The highest BCUT2D eigenvalue weighted by molar-refractivity contribution is 9.10. The van der Waals surface area contributed by atoms with E-state index in [4.69, 9.17) is 18.9 Å². The van der Waals surface area contributed by atoms with Crippen molar-refractivity contribution in [1.82, 2.24) is 9.97 Å². The molecule has 5 rings (SSSR count). The van der Waals surface area contributed by atoms with Gasteiger partial charge in [0.15, 0.2) is 5.60 Å². The van der Waals surface area contributed by atoms with Crippen molar-refractivity contribution in [3.63, 3.8) is 0 Å². The summed E-state index contributed by atoms with van der Waals surface area (Å²) in [5.74, 6) is 1.22. The van der Waals surface area contributed by atoms with Crippen LogP contribution in [0.1, 0.15) is 31.4 Å². The molecule has 1 aromatic heterocycles. The van der Waals surface area contributed by atoms with Crippen molar-refractivity contribution in [3.8, 4) is 11.5 Å². The number of methoxy groups -OCH3 is 1. The van der Waals surface area contributed by atoms with Crippen molar-refractivity contribution in [2.75, 3.05) is 25.6 Å². The number of benzene rings is 3. The number of rotatable bonds is 12. The Bertz CT molecular complexity index is 1830. The number of anilines is 2. The molecule has 0 bridgehead atoms. The maximum atomic E-state index is 13.5. The van der Waals surface area contributed by atoms with E-state index in [0.29, 0.717) is 39.3 Å². The zero-order valence-corrected chi connectivity index (χ0v) is 26.7. The van der Waals surface area contributed by atoms with Gasteiger partial charge < -0.3 is 24.3 Å². The number of hydrogen-bond donors (Lipinski definition) is 1. The third kappa shape index (κ3) is 7.03. The van der Waals surface area contributed by atoms with Gasteiger partial charge in [-0.15, -0.1) is 0 Å². The van der Waals surface area contributed by atoms with E-state index in [9.17, 15) is 12.8 Å². The Morgan fingerprint density at radius 1 is 1.14 bits per heavy atom. The zero-order chi connectivity index (χ0) is 31.3. The van der Waals surface area contributed by atoms with Crippen LogP contribution in [-0.4, -0.2) is 43.6 Å². The first-order valence-electron chi connectivity index (χ1n) is 13.8. The van der Waals surface area contributed by atoms with Crippen molar-refractivity contribution in [2.45, 2.75) is 32.5 Å². The van der Waals surface area contributed by atoms with Gasteiger partial charge in [0.1, 0.15) is 36.1 Å². The van der Waals surface area contributed by atoms with Crippen LogP contribution in [0.3, 0.4) is 0 Å². The molecule has 0 radical (unpaired) electrons. The van der Waals surface area contributed by atoms with E-state index in [1.165, 1.54) is 18.5 Å². The van der Waals surface area contributed by atoms with Gasteiger partial charge in [-0.2, -0.15) is 8.42 Å². The molecule has 9 nitrogen and oxygen atoms in total. The van der Waals surface area contributed by atoms with E-state index in [1.807, 2.05) is 50.3 Å². The number of nitrogens with one attached hydrogen (secondary N) is 1. The van der Waals surface area contributed by atoms with Crippen LogP contribution in [0.5, 0.6) is 11.5 Å². The largest absolute Gasteiger partial charge is 0.496 e. The Labute approximate surface area is 264 Å². The van der Waals surface area contributed by atoms with E-state index < -0.39 is 15.9 Å². The molecule has 0 saturated heterocycles. The third-order valence-corrected chi connectivity index (χ3v) is 8.84. The molecule has 0 fully saturated rings. The molecule has 230 valence electrons. The predicted molar refractivity (Wildman–Crippen MR) is 170 cm³/mol. The molecular weight excluding hydrogens is 653 g/mol. The Kier molecular flexibility index (Phi) is 9.82. The zero-order valence-electron chi connectivity index (χ0n) is 24.3. The minimum atomic E-state index is -2.35. The molecule has 1 N–H and O–H groups in total. The second-order valence-electron chi connectivity index (χ2n) is 10.5. The van der Waals surface area contributed by atoms with Gasteiger partial charge in [0.2, 0.25) is 10.3 Å². The van der Waals surface area contributed by atoms with Crippen molar-refractivity contribution in [3.05, 3.63) is 94.7 Å². The third-order valence-electron chi connectivity index (χ3n) is 7.20. The summed E-state index contributed by atoms with van der Waals surface area (Å²) in [5, 5.41) is 4.08. The summed E-state index contributed by atoms with van der Waals surface area (Å²) < 4.78 is 61.3. The molecule has 2 heterocycles. The normalized spacial score (nSPS) is 15.8. The van der Waals surface area contributed by atoms with E-state index in [-0.39, 0.29) is 36.4 Å². The molecule has 1 aliphatic rings. The van der Waals surface area contributed by atoms with E-state index in [1.54, 1.807) is 25.5 Å². The van der Waals surface area contributed by atoms with Gasteiger partial charge in [-0.05, 0) is 69.9 Å². The summed E-state index contributed by atoms with van der Waals surface area (Å²) in [5.41, 5.74) is 1.89. The molecule has 44 heavy (non-hydrogen) atoms. The van der Waals surface area contributed by atoms with Crippen LogP contribution in [0.4, 0.5) is 15.9 Å². The Hall–Kier alpha value is -4.00. The first kappa shape index (κ1) is 31.4. The lowest BCUT2D eigenvalue weighted by Gasteiger charge is -2.31. The van der Waals surface area contributed by atoms with Gasteiger partial charge in [-0.3, -0.25) is 0 Å². The second-order valence-corrected chi connectivity index (χ2v) is 12.4. The Morgan fingerprint density at radius 2 is 1.98 bits per heavy atom. The number of nitrogens with zero attached hydrogens (tertiary/aromatic N) is 2. The number of halogens is 2. The summed E-state index contributed by atoms with van der Waals surface area (Å²) in [4.78, 5) is 9.24. The summed E-state index contributed by atoms with van der Waals surface area (Å²) >= 11 is 3.57. The molecule has 3 aromatic carbocycles. The number of hydrogen-bond acceptors (Lipinski definition) is 9. The summed E-state index contributed by atoms with van der Waals surface area (Å²) in [6.07, 6.45) is 5.46. The molecule has 0 saturated carbocycles. The van der Waals surface area contributed by atoms with Gasteiger partial charge in [-0.1, -0.05) is 26.0 Å². The topological polar surface area (TPSA) is 109 Å². The first-order chi connectivity index (χ1) is 21.2. The minimum Gasteiger partial charge on any atom is -0.496 e. The fraction of sp³-hybridized carbons (Fsp3) is 0.281. The molecule has 12 heteroatoms. The molecule has 1 aliphatic heterocycles. The van der Waals surface area contributed by atoms with Crippen molar-refractivity contribution >= 4 is 53.5 Å². The molecule has 0 aliphatic carbocycles. The van der Waals surface area contributed by atoms with Crippen LogP contribution >= 0.6 is 15.9 Å². The average Bonchev–Trinajstić information content (AvgIpc) is 3.48. The fourth-order valence-electron chi connectivity index (χ4n) is 4.86. The van der Waals surface area contributed by atoms with Crippen molar-refractivity contribution in [1.29, 1.82) is 0 Å². The van der Waals surface area contributed by atoms with Gasteiger partial charge in [-0.25, -0.2) is 14.4 Å². The van der Waals surface area contributed by atoms with Gasteiger partial charge in [0.25, 0.3) is 0 Å².